The van der Waals surface area contributed by atoms with Gasteiger partial charge in [-0.15, -0.1) is 8.58 Å². The lowest BCUT2D eigenvalue weighted by atomic mass is 9.77. The van der Waals surface area contributed by atoms with Crippen molar-refractivity contribution < 1.29 is 19.8 Å². The highest BCUT2D eigenvalue weighted by Gasteiger charge is 2.41. The molecule has 5 atom stereocenters. The Morgan fingerprint density at radius 2 is 1.48 bits per heavy atom. The van der Waals surface area contributed by atoms with Crippen LogP contribution in [0, 0.1) is 29.6 Å². The number of carbonyl (C=O) groups is 2. The molecule has 0 bridgehead atoms. The van der Waals surface area contributed by atoms with Crippen LogP contribution in [0.1, 0.15) is 58.3 Å². The number of hydrogen-bond acceptors (Lipinski definition) is 2. The fraction of sp³-hybridized carbons (Fsp3) is 0.889. The van der Waals surface area contributed by atoms with Crippen molar-refractivity contribution in [2.45, 2.75) is 58.3 Å². The summed E-state index contributed by atoms with van der Waals surface area (Å²) in [6, 6.07) is 0. The molecule has 0 saturated heterocycles. The molecule has 5 unspecified atom stereocenters. The lowest BCUT2D eigenvalue weighted by Gasteiger charge is -2.29. The first kappa shape index (κ1) is 18.7. The second-order valence-electron chi connectivity index (χ2n) is 7.42. The molecule has 0 spiro atoms. The van der Waals surface area contributed by atoms with Crippen LogP contribution in [0.25, 0.3) is 0 Å². The normalized spacial score (nSPS) is 32.6. The Balaban J connectivity index is 1.95. The Bertz CT molecular complexity index is 380. The van der Waals surface area contributed by atoms with Gasteiger partial charge in [-0.1, -0.05) is 13.3 Å². The third kappa shape index (κ3) is 5.17. The monoisotopic (exact) mass is 342 g/mol. The van der Waals surface area contributed by atoms with Crippen molar-refractivity contribution in [3.63, 3.8) is 0 Å². The topological polar surface area (TPSA) is 74.6 Å². The maximum Gasteiger partial charge on any atom is 0.306 e. The van der Waals surface area contributed by atoms with E-state index in [0.29, 0.717) is 17.8 Å². The van der Waals surface area contributed by atoms with Crippen molar-refractivity contribution in [2.75, 3.05) is 12.3 Å². The van der Waals surface area contributed by atoms with Crippen LogP contribution < -0.4 is 0 Å². The molecule has 2 aliphatic rings. The smallest absolute Gasteiger partial charge is 0.306 e. The first-order valence-electron chi connectivity index (χ1n) is 9.19. The van der Waals surface area contributed by atoms with Gasteiger partial charge in [0.2, 0.25) is 0 Å². The third-order valence-electron chi connectivity index (χ3n) is 5.94. The average Bonchev–Trinajstić information content (AvgIpc) is 3.16. The van der Waals surface area contributed by atoms with E-state index in [4.69, 9.17) is 0 Å². The standard InChI is InChI=1S/C18H31O4P/c1-2-8-23-9-7-16(12-3-5-14(10-12)17(19)20)13-4-6-15(11-13)18(21)22/h12-16,23H,2-11H2,1H3,(H,19,20)(H,21,22). The summed E-state index contributed by atoms with van der Waals surface area (Å²) in [5, 5.41) is 18.5. The SMILES string of the molecule is CCCPCCC(C1CCC(C(=O)O)C1)C1CCC(C(=O)O)C1. The number of carboxylic acids is 2. The van der Waals surface area contributed by atoms with E-state index >= 15 is 0 Å². The van der Waals surface area contributed by atoms with Crippen molar-refractivity contribution in [2.24, 2.45) is 29.6 Å². The Kier molecular flexibility index (Phi) is 7.33. The van der Waals surface area contributed by atoms with Gasteiger partial charge in [-0.2, -0.15) is 0 Å². The molecule has 2 N–H and O–H groups in total. The largest absolute Gasteiger partial charge is 0.481 e. The van der Waals surface area contributed by atoms with Gasteiger partial charge in [-0.3, -0.25) is 9.59 Å². The Hall–Kier alpha value is -0.630. The zero-order chi connectivity index (χ0) is 16.8. The molecular weight excluding hydrogens is 311 g/mol. The molecular formula is C18H31O4P. The summed E-state index contributed by atoms with van der Waals surface area (Å²) in [4.78, 5) is 22.5. The van der Waals surface area contributed by atoms with E-state index in [1.807, 2.05) is 0 Å². The molecule has 2 fully saturated rings. The minimum Gasteiger partial charge on any atom is -0.481 e. The lowest BCUT2D eigenvalue weighted by Crippen LogP contribution is -2.23. The van der Waals surface area contributed by atoms with Gasteiger partial charge < -0.3 is 10.2 Å². The summed E-state index contributed by atoms with van der Waals surface area (Å²) in [6.45, 7) is 2.22. The molecule has 2 saturated carbocycles. The van der Waals surface area contributed by atoms with Crippen LogP contribution >= 0.6 is 8.58 Å². The maximum atomic E-state index is 11.3. The summed E-state index contributed by atoms with van der Waals surface area (Å²) in [5.41, 5.74) is 0. The van der Waals surface area contributed by atoms with Gasteiger partial charge in [-0.25, -0.2) is 0 Å². The van der Waals surface area contributed by atoms with Crippen LogP contribution in [-0.2, 0) is 9.59 Å². The highest BCUT2D eigenvalue weighted by Crippen LogP contribution is 2.47. The molecule has 0 aromatic rings. The molecule has 132 valence electrons. The van der Waals surface area contributed by atoms with Gasteiger partial charge in [0.05, 0.1) is 11.8 Å². The summed E-state index contributed by atoms with van der Waals surface area (Å²) in [7, 11) is 1.00. The van der Waals surface area contributed by atoms with E-state index in [9.17, 15) is 19.8 Å². The first-order chi connectivity index (χ1) is 11.0. The molecule has 0 aromatic carbocycles. The van der Waals surface area contributed by atoms with Gasteiger partial charge in [0.1, 0.15) is 0 Å². The van der Waals surface area contributed by atoms with Crippen LogP contribution in [0.15, 0.2) is 0 Å². The van der Waals surface area contributed by atoms with Crippen LogP contribution in [0.4, 0.5) is 0 Å². The second kappa shape index (κ2) is 9.01. The average molecular weight is 342 g/mol. The van der Waals surface area contributed by atoms with Gasteiger partial charge >= 0.3 is 11.9 Å². The molecule has 2 aliphatic carbocycles. The van der Waals surface area contributed by atoms with Crippen LogP contribution in [0.2, 0.25) is 0 Å². The Morgan fingerprint density at radius 3 is 1.87 bits per heavy atom. The van der Waals surface area contributed by atoms with E-state index in [0.717, 1.165) is 47.1 Å². The summed E-state index contributed by atoms with van der Waals surface area (Å²) in [5.74, 6) is -0.0781. The Labute approximate surface area is 141 Å². The third-order valence-corrected chi connectivity index (χ3v) is 7.43. The van der Waals surface area contributed by atoms with Crippen molar-refractivity contribution in [1.82, 2.24) is 0 Å². The van der Waals surface area contributed by atoms with Crippen LogP contribution in [0.5, 0.6) is 0 Å². The van der Waals surface area contributed by atoms with Gasteiger partial charge in [0, 0.05) is 0 Å². The molecule has 0 radical (unpaired) electrons. The number of hydrogen-bond donors (Lipinski definition) is 2. The quantitative estimate of drug-likeness (QED) is 0.489. The minimum atomic E-state index is -0.644. The molecule has 4 nitrogen and oxygen atoms in total. The van der Waals surface area contributed by atoms with Gasteiger partial charge in [-0.05, 0) is 75.0 Å². The molecule has 0 aromatic heterocycles. The zero-order valence-corrected chi connectivity index (χ0v) is 15.2. The second-order valence-corrected chi connectivity index (χ2v) is 8.92. The van der Waals surface area contributed by atoms with E-state index in [1.54, 1.807) is 0 Å². The maximum absolute atomic E-state index is 11.3. The van der Waals surface area contributed by atoms with Crippen molar-refractivity contribution in [1.29, 1.82) is 0 Å². The van der Waals surface area contributed by atoms with Crippen LogP contribution in [-0.4, -0.2) is 34.5 Å². The minimum absolute atomic E-state index is 0.169. The Morgan fingerprint density at radius 1 is 0.957 bits per heavy atom. The number of rotatable bonds is 9. The zero-order valence-electron chi connectivity index (χ0n) is 14.2. The first-order valence-corrected chi connectivity index (χ1v) is 10.6. The predicted octanol–water partition coefficient (Wildman–Crippen LogP) is 4.08. The molecule has 0 heterocycles. The predicted molar refractivity (Wildman–Crippen MR) is 93.4 cm³/mol. The van der Waals surface area contributed by atoms with E-state index in [2.05, 4.69) is 6.92 Å². The van der Waals surface area contributed by atoms with Gasteiger partial charge in [0.25, 0.3) is 0 Å². The molecule has 23 heavy (non-hydrogen) atoms. The van der Waals surface area contributed by atoms with Crippen molar-refractivity contribution >= 4 is 20.5 Å². The number of carboxylic acid groups (broad SMARTS) is 2. The number of aliphatic carboxylic acids is 2. The summed E-state index contributed by atoms with van der Waals surface area (Å²) < 4.78 is 0. The fourth-order valence-corrected chi connectivity index (χ4v) is 5.83. The molecule has 5 heteroatoms. The van der Waals surface area contributed by atoms with E-state index in [1.165, 1.54) is 25.2 Å². The van der Waals surface area contributed by atoms with Crippen molar-refractivity contribution in [3.8, 4) is 0 Å². The lowest BCUT2D eigenvalue weighted by molar-refractivity contribution is -0.142. The molecule has 0 amide bonds. The molecule has 0 aliphatic heterocycles. The highest BCUT2D eigenvalue weighted by atomic mass is 31.1. The van der Waals surface area contributed by atoms with E-state index in [-0.39, 0.29) is 11.8 Å². The summed E-state index contributed by atoms with van der Waals surface area (Å²) >= 11 is 0. The fourth-order valence-electron chi connectivity index (χ4n) is 4.69. The van der Waals surface area contributed by atoms with E-state index < -0.39 is 11.9 Å². The van der Waals surface area contributed by atoms with Crippen molar-refractivity contribution in [3.05, 3.63) is 0 Å². The highest BCUT2D eigenvalue weighted by molar-refractivity contribution is 7.37. The van der Waals surface area contributed by atoms with Crippen LogP contribution in [0.3, 0.4) is 0 Å². The molecule has 2 rings (SSSR count). The van der Waals surface area contributed by atoms with Gasteiger partial charge in [0.15, 0.2) is 0 Å². The summed E-state index contributed by atoms with van der Waals surface area (Å²) in [6.07, 6.45) is 10.2.